The second-order valence-electron chi connectivity index (χ2n) is 5.08. The maximum Gasteiger partial charge on any atom is 0.252 e. The van der Waals surface area contributed by atoms with Crippen molar-refractivity contribution in [2.45, 2.75) is 18.9 Å². The second kappa shape index (κ2) is 9.07. The van der Waals surface area contributed by atoms with E-state index in [-0.39, 0.29) is 18.2 Å². The van der Waals surface area contributed by atoms with Crippen LogP contribution in [0.4, 0.5) is 0 Å². The van der Waals surface area contributed by atoms with E-state index >= 15 is 0 Å². The first-order chi connectivity index (χ1) is 11.2. The van der Waals surface area contributed by atoms with Gasteiger partial charge in [0.2, 0.25) is 5.91 Å². The van der Waals surface area contributed by atoms with Gasteiger partial charge in [0.05, 0.1) is 6.10 Å². The summed E-state index contributed by atoms with van der Waals surface area (Å²) in [7, 11) is 0. The Morgan fingerprint density at radius 2 is 1.87 bits per heavy atom. The smallest absolute Gasteiger partial charge is 0.252 e. The molecular weight excluding hydrogens is 312 g/mol. The number of aliphatic hydroxyl groups excluding tert-OH is 1. The first-order valence-electron chi connectivity index (χ1n) is 7.47. The summed E-state index contributed by atoms with van der Waals surface area (Å²) in [6, 6.07) is 11.1. The standard InChI is InChI=1S/C17H20N2O3S/c20-15(13-4-2-1-3-5-13)6-9-18-16(21)7-10-19-17(22)14-8-11-23-12-14/h1-5,8,11-12,15,20H,6-7,9-10H2,(H,18,21)(H,19,22). The fourth-order valence-corrected chi connectivity index (χ4v) is 2.70. The van der Waals surface area contributed by atoms with Crippen LogP contribution >= 0.6 is 11.3 Å². The van der Waals surface area contributed by atoms with E-state index in [1.54, 1.807) is 11.4 Å². The summed E-state index contributed by atoms with van der Waals surface area (Å²) >= 11 is 1.46. The molecule has 23 heavy (non-hydrogen) atoms. The van der Waals surface area contributed by atoms with Gasteiger partial charge in [-0.2, -0.15) is 11.3 Å². The molecule has 5 nitrogen and oxygen atoms in total. The lowest BCUT2D eigenvalue weighted by atomic mass is 10.1. The molecule has 2 aromatic rings. The van der Waals surface area contributed by atoms with Crippen molar-refractivity contribution in [3.63, 3.8) is 0 Å². The van der Waals surface area contributed by atoms with Crippen LogP contribution in [0.1, 0.15) is 34.9 Å². The number of rotatable bonds is 8. The average molecular weight is 332 g/mol. The van der Waals surface area contributed by atoms with E-state index < -0.39 is 6.10 Å². The fraction of sp³-hybridized carbons (Fsp3) is 0.294. The van der Waals surface area contributed by atoms with Crippen LogP contribution in [-0.2, 0) is 4.79 Å². The van der Waals surface area contributed by atoms with Crippen LogP contribution in [0, 0.1) is 0 Å². The van der Waals surface area contributed by atoms with E-state index in [0.29, 0.717) is 25.1 Å². The zero-order chi connectivity index (χ0) is 16.5. The molecule has 1 aromatic carbocycles. The molecule has 122 valence electrons. The quantitative estimate of drug-likeness (QED) is 0.693. The summed E-state index contributed by atoms with van der Waals surface area (Å²) in [5.74, 6) is -0.311. The van der Waals surface area contributed by atoms with Crippen molar-refractivity contribution in [2.75, 3.05) is 13.1 Å². The third-order valence-corrected chi connectivity index (χ3v) is 4.03. The van der Waals surface area contributed by atoms with Crippen molar-refractivity contribution in [1.29, 1.82) is 0 Å². The molecule has 1 unspecified atom stereocenters. The Labute approximate surface area is 139 Å². The molecule has 1 atom stereocenters. The number of hydrogen-bond donors (Lipinski definition) is 3. The summed E-state index contributed by atoms with van der Waals surface area (Å²) in [5.41, 5.74) is 1.45. The first kappa shape index (κ1) is 17.2. The number of benzene rings is 1. The molecule has 0 bridgehead atoms. The number of nitrogens with one attached hydrogen (secondary N) is 2. The SMILES string of the molecule is O=C(CCNC(=O)c1ccsc1)NCCC(O)c1ccccc1. The van der Waals surface area contributed by atoms with E-state index in [9.17, 15) is 14.7 Å². The third kappa shape index (κ3) is 5.84. The number of aliphatic hydroxyl groups is 1. The van der Waals surface area contributed by atoms with Gasteiger partial charge in [0.15, 0.2) is 0 Å². The summed E-state index contributed by atoms with van der Waals surface area (Å²) in [5, 5.41) is 19.0. The van der Waals surface area contributed by atoms with Crippen LogP contribution in [0.15, 0.2) is 47.2 Å². The molecule has 1 aromatic heterocycles. The summed E-state index contributed by atoms with van der Waals surface area (Å²) < 4.78 is 0. The van der Waals surface area contributed by atoms with Crippen molar-refractivity contribution in [3.8, 4) is 0 Å². The maximum atomic E-state index is 11.7. The van der Waals surface area contributed by atoms with Gasteiger partial charge in [-0.1, -0.05) is 30.3 Å². The molecule has 1 heterocycles. The fourth-order valence-electron chi connectivity index (χ4n) is 2.06. The molecule has 0 spiro atoms. The topological polar surface area (TPSA) is 78.4 Å². The lowest BCUT2D eigenvalue weighted by Gasteiger charge is -2.11. The normalized spacial score (nSPS) is 11.7. The van der Waals surface area contributed by atoms with E-state index in [1.165, 1.54) is 11.3 Å². The van der Waals surface area contributed by atoms with Crippen molar-refractivity contribution < 1.29 is 14.7 Å². The minimum absolute atomic E-state index is 0.143. The lowest BCUT2D eigenvalue weighted by Crippen LogP contribution is -2.31. The Morgan fingerprint density at radius 3 is 2.57 bits per heavy atom. The molecule has 0 saturated heterocycles. The molecule has 0 aliphatic carbocycles. The molecular formula is C17H20N2O3S. The molecule has 6 heteroatoms. The van der Waals surface area contributed by atoms with E-state index in [4.69, 9.17) is 0 Å². The largest absolute Gasteiger partial charge is 0.388 e. The molecule has 0 aliphatic heterocycles. The predicted molar refractivity (Wildman–Crippen MR) is 90.3 cm³/mol. The highest BCUT2D eigenvalue weighted by atomic mass is 32.1. The van der Waals surface area contributed by atoms with Gasteiger partial charge in [0, 0.05) is 30.5 Å². The van der Waals surface area contributed by atoms with E-state index in [1.807, 2.05) is 35.7 Å². The molecule has 2 rings (SSSR count). The van der Waals surface area contributed by atoms with Crippen LogP contribution in [-0.4, -0.2) is 30.0 Å². The minimum atomic E-state index is -0.588. The zero-order valence-corrected chi connectivity index (χ0v) is 13.5. The summed E-state index contributed by atoms with van der Waals surface area (Å²) in [6.45, 7) is 0.690. The van der Waals surface area contributed by atoms with Crippen LogP contribution < -0.4 is 10.6 Å². The molecule has 2 amide bonds. The van der Waals surface area contributed by atoms with Crippen molar-refractivity contribution in [2.24, 2.45) is 0 Å². The van der Waals surface area contributed by atoms with Crippen molar-refractivity contribution in [3.05, 3.63) is 58.3 Å². The number of hydrogen-bond acceptors (Lipinski definition) is 4. The lowest BCUT2D eigenvalue weighted by molar-refractivity contribution is -0.121. The highest BCUT2D eigenvalue weighted by molar-refractivity contribution is 7.08. The van der Waals surface area contributed by atoms with Crippen molar-refractivity contribution >= 4 is 23.2 Å². The Balaban J connectivity index is 1.59. The predicted octanol–water partition coefficient (Wildman–Crippen LogP) is 2.11. The van der Waals surface area contributed by atoms with Gasteiger partial charge in [0.1, 0.15) is 0 Å². The van der Waals surface area contributed by atoms with Gasteiger partial charge in [-0.15, -0.1) is 0 Å². The van der Waals surface area contributed by atoms with Gasteiger partial charge in [-0.3, -0.25) is 9.59 Å². The Hall–Kier alpha value is -2.18. The first-order valence-corrected chi connectivity index (χ1v) is 8.41. The average Bonchev–Trinajstić information content (AvgIpc) is 3.10. The van der Waals surface area contributed by atoms with Crippen LogP contribution in [0.25, 0.3) is 0 Å². The van der Waals surface area contributed by atoms with E-state index in [0.717, 1.165) is 5.56 Å². The van der Waals surface area contributed by atoms with Gasteiger partial charge in [-0.25, -0.2) is 0 Å². The highest BCUT2D eigenvalue weighted by Gasteiger charge is 2.09. The second-order valence-corrected chi connectivity index (χ2v) is 5.86. The molecule has 0 saturated carbocycles. The van der Waals surface area contributed by atoms with Crippen molar-refractivity contribution in [1.82, 2.24) is 10.6 Å². The van der Waals surface area contributed by atoms with E-state index in [2.05, 4.69) is 10.6 Å². The zero-order valence-electron chi connectivity index (χ0n) is 12.7. The van der Waals surface area contributed by atoms with Gasteiger partial charge < -0.3 is 15.7 Å². The Bertz CT molecular complexity index is 614. The molecule has 0 radical (unpaired) electrons. The minimum Gasteiger partial charge on any atom is -0.388 e. The summed E-state index contributed by atoms with van der Waals surface area (Å²) in [6.07, 6.45) is 0.0868. The molecule has 3 N–H and O–H groups in total. The Kier molecular flexibility index (Phi) is 6.77. The van der Waals surface area contributed by atoms with Crippen LogP contribution in [0.3, 0.4) is 0 Å². The number of amides is 2. The number of carbonyl (C=O) groups is 2. The number of thiophene rings is 1. The van der Waals surface area contributed by atoms with Crippen LogP contribution in [0.2, 0.25) is 0 Å². The molecule has 0 fully saturated rings. The van der Waals surface area contributed by atoms with Crippen LogP contribution in [0.5, 0.6) is 0 Å². The van der Waals surface area contributed by atoms with Gasteiger partial charge in [-0.05, 0) is 23.4 Å². The number of carbonyl (C=O) groups excluding carboxylic acids is 2. The third-order valence-electron chi connectivity index (χ3n) is 3.35. The molecule has 0 aliphatic rings. The maximum absolute atomic E-state index is 11.7. The van der Waals surface area contributed by atoms with Gasteiger partial charge in [0.25, 0.3) is 5.91 Å². The highest BCUT2D eigenvalue weighted by Crippen LogP contribution is 2.14. The summed E-state index contributed by atoms with van der Waals surface area (Å²) in [4.78, 5) is 23.4. The van der Waals surface area contributed by atoms with Gasteiger partial charge >= 0.3 is 0 Å². The Morgan fingerprint density at radius 1 is 1.09 bits per heavy atom. The monoisotopic (exact) mass is 332 g/mol.